The Labute approximate surface area is 220 Å². The van der Waals surface area contributed by atoms with Crippen molar-refractivity contribution >= 4 is 31.2 Å². The normalized spacial score (nSPS) is 15.3. The topological polar surface area (TPSA) is 65.5 Å². The number of benzene rings is 2. The van der Waals surface area contributed by atoms with Gasteiger partial charge in [-0.1, -0.05) is 66.7 Å². The van der Waals surface area contributed by atoms with Crippen LogP contribution in [-0.2, 0) is 15.8 Å². The molecule has 35 heavy (non-hydrogen) atoms. The van der Waals surface area contributed by atoms with Crippen molar-refractivity contribution in [3.05, 3.63) is 102 Å². The van der Waals surface area contributed by atoms with Crippen LogP contribution in [0.2, 0.25) is 0 Å². The van der Waals surface area contributed by atoms with Crippen molar-refractivity contribution in [1.82, 2.24) is 15.2 Å². The average molecular weight is 517 g/mol. The molecule has 5 nitrogen and oxygen atoms in total. The molecule has 2 aromatic carbocycles. The van der Waals surface area contributed by atoms with Gasteiger partial charge in [0.05, 0.1) is 5.69 Å². The first-order chi connectivity index (χ1) is 16.2. The number of rotatable bonds is 10. The Hall–Kier alpha value is -2.44. The third-order valence-electron chi connectivity index (χ3n) is 7.04. The van der Waals surface area contributed by atoms with E-state index in [1.807, 2.05) is 30.3 Å². The van der Waals surface area contributed by atoms with E-state index in [-0.39, 0.29) is 30.2 Å². The Morgan fingerprint density at radius 2 is 1.49 bits per heavy atom. The summed E-state index contributed by atoms with van der Waals surface area (Å²) in [5.41, 5.74) is 2.09. The van der Waals surface area contributed by atoms with E-state index in [4.69, 9.17) is 0 Å². The van der Waals surface area contributed by atoms with Gasteiger partial charge in [0.15, 0.2) is 0 Å². The van der Waals surface area contributed by atoms with Crippen LogP contribution in [0.3, 0.4) is 0 Å². The van der Waals surface area contributed by atoms with Gasteiger partial charge in [0.1, 0.15) is 5.60 Å². The lowest BCUT2D eigenvalue weighted by atomic mass is 9.71. The van der Waals surface area contributed by atoms with Gasteiger partial charge >= 0.3 is 0 Å². The van der Waals surface area contributed by atoms with Gasteiger partial charge in [0.25, 0.3) is 0 Å². The summed E-state index contributed by atoms with van der Waals surface area (Å²) >= 11 is 0. The van der Waals surface area contributed by atoms with Gasteiger partial charge in [-0.25, -0.2) is 0 Å². The second kappa shape index (κ2) is 13.6. The number of nitrogens with one attached hydrogen (secondary N) is 1. The molecule has 0 bridgehead atoms. The molecule has 2 heterocycles. The Morgan fingerprint density at radius 1 is 0.914 bits per heavy atom. The number of carbonyl (C=O) groups is 1. The maximum absolute atomic E-state index is 11.3. The number of nitrogens with zero attached hydrogens (tertiary/aromatic N) is 2. The molecule has 1 aliphatic rings. The van der Waals surface area contributed by atoms with Crippen molar-refractivity contribution in [3.63, 3.8) is 0 Å². The average Bonchev–Trinajstić information content (AvgIpc) is 2.89. The zero-order chi connectivity index (χ0) is 23.0. The van der Waals surface area contributed by atoms with Crippen LogP contribution in [0.1, 0.15) is 42.5 Å². The lowest BCUT2D eigenvalue weighted by Gasteiger charge is -2.39. The van der Waals surface area contributed by atoms with Crippen molar-refractivity contribution in [2.75, 3.05) is 26.2 Å². The Bertz CT molecular complexity index is 959. The van der Waals surface area contributed by atoms with E-state index in [1.165, 1.54) is 11.1 Å². The minimum atomic E-state index is -0.830. The highest BCUT2D eigenvalue weighted by atomic mass is 35.5. The first-order valence-corrected chi connectivity index (χ1v) is 11.8. The standard InChI is InChI=1S/C28H33N3O2.2ClH/c32-23-29-22-27(24-10-3-1-4-11-24,25-12-5-2-6-13-25)15-9-19-31-20-16-28(33,17-21-31)26-14-7-8-18-30-26;;/h1-8,10-14,18,23,33H,9,15-17,19-22H2,(H,29,32);2*1H. The summed E-state index contributed by atoms with van der Waals surface area (Å²) in [6, 6.07) is 26.7. The fourth-order valence-corrected chi connectivity index (χ4v) is 5.12. The van der Waals surface area contributed by atoms with E-state index in [2.05, 4.69) is 63.7 Å². The van der Waals surface area contributed by atoms with Crippen LogP contribution in [0.25, 0.3) is 0 Å². The number of halogens is 2. The number of hydrogen-bond acceptors (Lipinski definition) is 4. The molecule has 188 valence electrons. The minimum absolute atomic E-state index is 0. The lowest BCUT2D eigenvalue weighted by molar-refractivity contribution is -0.109. The summed E-state index contributed by atoms with van der Waals surface area (Å²) in [4.78, 5) is 18.1. The Kier molecular flexibility index (Phi) is 11.2. The summed E-state index contributed by atoms with van der Waals surface area (Å²) in [5.74, 6) is 0. The SMILES string of the molecule is Cl.Cl.O=CNCC(CCCN1CCC(O)(c2ccccn2)CC1)(c1ccccc1)c1ccccc1. The van der Waals surface area contributed by atoms with Gasteiger partial charge < -0.3 is 15.3 Å². The van der Waals surface area contributed by atoms with Crippen LogP contribution < -0.4 is 5.32 Å². The van der Waals surface area contributed by atoms with Gasteiger partial charge in [0.2, 0.25) is 6.41 Å². The zero-order valence-electron chi connectivity index (χ0n) is 19.9. The summed E-state index contributed by atoms with van der Waals surface area (Å²) in [5, 5.41) is 14.0. The predicted molar refractivity (Wildman–Crippen MR) is 145 cm³/mol. The summed E-state index contributed by atoms with van der Waals surface area (Å²) in [6.07, 6.45) is 5.84. The first-order valence-electron chi connectivity index (χ1n) is 11.8. The third-order valence-corrected chi connectivity index (χ3v) is 7.04. The Balaban J connectivity index is 0.00000216. The molecule has 1 aliphatic heterocycles. The Morgan fingerprint density at radius 3 is 2.00 bits per heavy atom. The molecule has 1 saturated heterocycles. The number of amides is 1. The van der Waals surface area contributed by atoms with Gasteiger partial charge in [-0.15, -0.1) is 24.8 Å². The van der Waals surface area contributed by atoms with Crippen LogP contribution in [-0.4, -0.2) is 47.6 Å². The number of pyridine rings is 1. The van der Waals surface area contributed by atoms with E-state index in [0.717, 1.165) is 44.6 Å². The van der Waals surface area contributed by atoms with Crippen LogP contribution in [0.15, 0.2) is 85.1 Å². The minimum Gasteiger partial charge on any atom is -0.383 e. The van der Waals surface area contributed by atoms with E-state index in [9.17, 15) is 9.90 Å². The van der Waals surface area contributed by atoms with Crippen molar-refractivity contribution in [2.45, 2.75) is 36.7 Å². The van der Waals surface area contributed by atoms with Crippen molar-refractivity contribution in [2.24, 2.45) is 0 Å². The van der Waals surface area contributed by atoms with E-state index < -0.39 is 5.60 Å². The first kappa shape index (κ1) is 28.8. The molecule has 1 amide bonds. The highest BCUT2D eigenvalue weighted by Crippen LogP contribution is 2.37. The van der Waals surface area contributed by atoms with Gasteiger partial charge in [0, 0.05) is 31.2 Å². The predicted octanol–water partition coefficient (Wildman–Crippen LogP) is 4.72. The highest BCUT2D eigenvalue weighted by Gasteiger charge is 2.36. The molecule has 1 fully saturated rings. The van der Waals surface area contributed by atoms with Crippen LogP contribution in [0.5, 0.6) is 0 Å². The molecule has 0 saturated carbocycles. The molecule has 0 radical (unpaired) electrons. The quantitative estimate of drug-likeness (QED) is 0.383. The smallest absolute Gasteiger partial charge is 0.207 e. The van der Waals surface area contributed by atoms with E-state index in [1.54, 1.807) is 6.20 Å². The fourth-order valence-electron chi connectivity index (χ4n) is 5.12. The van der Waals surface area contributed by atoms with Crippen molar-refractivity contribution in [1.29, 1.82) is 0 Å². The monoisotopic (exact) mass is 515 g/mol. The second-order valence-corrected chi connectivity index (χ2v) is 9.00. The number of carbonyl (C=O) groups excluding carboxylic acids is 1. The maximum atomic E-state index is 11.3. The van der Waals surface area contributed by atoms with Crippen LogP contribution in [0, 0.1) is 0 Å². The highest BCUT2D eigenvalue weighted by molar-refractivity contribution is 5.85. The number of likely N-dealkylation sites (tertiary alicyclic amines) is 1. The van der Waals surface area contributed by atoms with Gasteiger partial charge in [-0.05, 0) is 55.5 Å². The number of aliphatic hydroxyl groups is 1. The largest absolute Gasteiger partial charge is 0.383 e. The molecule has 0 spiro atoms. The summed E-state index contributed by atoms with van der Waals surface area (Å²) in [7, 11) is 0. The molecule has 7 heteroatoms. The number of aromatic nitrogens is 1. The maximum Gasteiger partial charge on any atom is 0.207 e. The summed E-state index contributed by atoms with van der Waals surface area (Å²) < 4.78 is 0. The molecule has 3 aromatic rings. The molecule has 0 aliphatic carbocycles. The van der Waals surface area contributed by atoms with Crippen molar-refractivity contribution in [3.8, 4) is 0 Å². The summed E-state index contributed by atoms with van der Waals surface area (Å²) in [6.45, 7) is 3.22. The molecule has 2 N–H and O–H groups in total. The van der Waals surface area contributed by atoms with Crippen molar-refractivity contribution < 1.29 is 9.90 Å². The number of hydrogen-bond donors (Lipinski definition) is 2. The fraction of sp³-hybridized carbons (Fsp3) is 0.357. The molecule has 0 unspecified atom stereocenters. The van der Waals surface area contributed by atoms with Gasteiger partial charge in [-0.3, -0.25) is 9.78 Å². The van der Waals surface area contributed by atoms with E-state index in [0.29, 0.717) is 19.4 Å². The van der Waals surface area contributed by atoms with E-state index >= 15 is 0 Å². The molecular formula is C28H35Cl2N3O2. The second-order valence-electron chi connectivity index (χ2n) is 9.00. The molecule has 1 aromatic heterocycles. The molecular weight excluding hydrogens is 481 g/mol. The molecule has 4 rings (SSSR count). The van der Waals surface area contributed by atoms with Gasteiger partial charge in [-0.2, -0.15) is 0 Å². The third kappa shape index (κ3) is 6.83. The zero-order valence-corrected chi connectivity index (χ0v) is 21.5. The van der Waals surface area contributed by atoms with Crippen LogP contribution >= 0.6 is 24.8 Å². The lowest BCUT2D eigenvalue weighted by Crippen LogP contribution is -2.44. The number of piperidine rings is 1. The molecule has 0 atom stereocenters. The van der Waals surface area contributed by atoms with Crippen LogP contribution in [0.4, 0.5) is 0 Å².